The van der Waals surface area contributed by atoms with Crippen molar-refractivity contribution in [2.75, 3.05) is 54.0 Å². The summed E-state index contributed by atoms with van der Waals surface area (Å²) in [4.78, 5) is 9.61. The standard InChI is InChI=1S/C23H37N5O2.HI/c1-24-23(25-13-17-6-9-28(15-17)20-4-5-20)26-19-7-8-27(16-19)14-18-10-21(29-2)12-22(11-18)30-3;/h10-12,17,19-20H,4-9,13-16H2,1-3H3,(H2,24,25,26);1H. The molecule has 1 aromatic rings. The molecular weight excluding hydrogens is 505 g/mol. The lowest BCUT2D eigenvalue weighted by molar-refractivity contribution is 0.313. The number of benzene rings is 1. The zero-order chi connectivity index (χ0) is 20.9. The molecule has 2 atom stereocenters. The first kappa shape index (κ1) is 24.4. The molecule has 2 saturated heterocycles. The molecule has 1 saturated carbocycles. The number of hydrogen-bond acceptors (Lipinski definition) is 5. The largest absolute Gasteiger partial charge is 0.497 e. The molecule has 2 heterocycles. The Morgan fingerprint density at radius 1 is 1.03 bits per heavy atom. The van der Waals surface area contributed by atoms with E-state index in [1.807, 2.05) is 13.1 Å². The number of hydrogen-bond donors (Lipinski definition) is 2. The number of rotatable bonds is 8. The minimum atomic E-state index is 0. The van der Waals surface area contributed by atoms with Gasteiger partial charge in [-0.3, -0.25) is 9.89 Å². The van der Waals surface area contributed by atoms with Gasteiger partial charge in [0.15, 0.2) is 5.96 Å². The number of aliphatic imine (C=N–C) groups is 1. The second-order valence-corrected chi connectivity index (χ2v) is 8.92. The van der Waals surface area contributed by atoms with Crippen molar-refractivity contribution in [1.82, 2.24) is 20.4 Å². The van der Waals surface area contributed by atoms with Crippen LogP contribution in [0.5, 0.6) is 11.5 Å². The molecule has 0 aromatic heterocycles. The maximum atomic E-state index is 5.40. The van der Waals surface area contributed by atoms with Crippen LogP contribution < -0.4 is 20.1 Å². The topological polar surface area (TPSA) is 61.4 Å². The maximum absolute atomic E-state index is 5.40. The number of methoxy groups -OCH3 is 2. The molecule has 4 rings (SSSR count). The molecule has 2 aliphatic heterocycles. The minimum absolute atomic E-state index is 0. The van der Waals surface area contributed by atoms with Crippen LogP contribution in [0.15, 0.2) is 23.2 Å². The minimum Gasteiger partial charge on any atom is -0.497 e. The van der Waals surface area contributed by atoms with Gasteiger partial charge in [-0.1, -0.05) is 0 Å². The summed E-state index contributed by atoms with van der Waals surface area (Å²) in [5.74, 6) is 3.37. The summed E-state index contributed by atoms with van der Waals surface area (Å²) in [6, 6.07) is 7.42. The molecule has 31 heavy (non-hydrogen) atoms. The third-order valence-electron chi connectivity index (χ3n) is 6.59. The van der Waals surface area contributed by atoms with E-state index in [4.69, 9.17) is 9.47 Å². The Bertz CT molecular complexity index is 720. The molecule has 2 N–H and O–H groups in total. The SMILES string of the molecule is CN=C(NCC1CCN(C2CC2)C1)NC1CCN(Cc2cc(OC)cc(OC)c2)C1.I. The van der Waals surface area contributed by atoms with Crippen LogP contribution in [0.25, 0.3) is 0 Å². The summed E-state index contributed by atoms with van der Waals surface area (Å²) in [5.41, 5.74) is 1.22. The van der Waals surface area contributed by atoms with Crippen LogP contribution >= 0.6 is 24.0 Å². The molecule has 0 bridgehead atoms. The molecule has 3 fully saturated rings. The molecule has 3 aliphatic rings. The molecule has 174 valence electrons. The van der Waals surface area contributed by atoms with Gasteiger partial charge in [-0.2, -0.15) is 0 Å². The Kier molecular flexibility index (Phi) is 9.09. The molecule has 0 radical (unpaired) electrons. The fraction of sp³-hybridized carbons (Fsp3) is 0.696. The van der Waals surface area contributed by atoms with E-state index in [0.29, 0.717) is 6.04 Å². The smallest absolute Gasteiger partial charge is 0.191 e. The van der Waals surface area contributed by atoms with E-state index in [-0.39, 0.29) is 24.0 Å². The normalized spacial score (nSPS) is 24.7. The molecule has 0 spiro atoms. The van der Waals surface area contributed by atoms with Gasteiger partial charge in [0.25, 0.3) is 0 Å². The van der Waals surface area contributed by atoms with Gasteiger partial charge in [-0.05, 0) is 55.8 Å². The zero-order valence-electron chi connectivity index (χ0n) is 19.1. The molecular formula is C23H38IN5O2. The second-order valence-electron chi connectivity index (χ2n) is 8.92. The summed E-state index contributed by atoms with van der Waals surface area (Å²) in [7, 11) is 5.26. The third-order valence-corrected chi connectivity index (χ3v) is 6.59. The third kappa shape index (κ3) is 6.86. The molecule has 1 aromatic carbocycles. The highest BCUT2D eigenvalue weighted by Gasteiger charge is 2.34. The molecule has 7 nitrogen and oxygen atoms in total. The number of nitrogens with one attached hydrogen (secondary N) is 2. The van der Waals surface area contributed by atoms with Crippen molar-refractivity contribution in [3.05, 3.63) is 23.8 Å². The van der Waals surface area contributed by atoms with E-state index < -0.39 is 0 Å². The Balaban J connectivity index is 0.00000272. The average Bonchev–Trinajstić information content (AvgIpc) is 3.35. The lowest BCUT2D eigenvalue weighted by atomic mass is 10.1. The molecule has 8 heteroatoms. The zero-order valence-corrected chi connectivity index (χ0v) is 21.4. The van der Waals surface area contributed by atoms with E-state index in [1.165, 1.54) is 37.9 Å². The van der Waals surface area contributed by atoms with E-state index in [0.717, 1.165) is 62.0 Å². The van der Waals surface area contributed by atoms with Gasteiger partial charge in [0, 0.05) is 57.9 Å². The number of guanidine groups is 1. The van der Waals surface area contributed by atoms with Gasteiger partial charge in [0.1, 0.15) is 11.5 Å². The predicted octanol–water partition coefficient (Wildman–Crippen LogP) is 2.55. The van der Waals surface area contributed by atoms with Crippen molar-refractivity contribution in [2.45, 2.75) is 44.3 Å². The average molecular weight is 543 g/mol. The number of ether oxygens (including phenoxy) is 2. The van der Waals surface area contributed by atoms with Gasteiger partial charge in [-0.25, -0.2) is 0 Å². The summed E-state index contributed by atoms with van der Waals surface area (Å²) >= 11 is 0. The van der Waals surface area contributed by atoms with Crippen molar-refractivity contribution in [3.8, 4) is 11.5 Å². The predicted molar refractivity (Wildman–Crippen MR) is 136 cm³/mol. The van der Waals surface area contributed by atoms with E-state index in [2.05, 4.69) is 37.6 Å². The fourth-order valence-corrected chi connectivity index (χ4v) is 4.74. The van der Waals surface area contributed by atoms with Gasteiger partial charge < -0.3 is 25.0 Å². The van der Waals surface area contributed by atoms with E-state index in [1.54, 1.807) is 14.2 Å². The monoisotopic (exact) mass is 543 g/mol. The summed E-state index contributed by atoms with van der Waals surface area (Å²) in [6.07, 6.45) is 5.25. The summed E-state index contributed by atoms with van der Waals surface area (Å²) < 4.78 is 10.8. The van der Waals surface area contributed by atoms with Crippen molar-refractivity contribution >= 4 is 29.9 Å². The first-order valence-electron chi connectivity index (χ1n) is 11.3. The number of nitrogens with zero attached hydrogens (tertiary/aromatic N) is 3. The highest BCUT2D eigenvalue weighted by molar-refractivity contribution is 14.0. The quantitative estimate of drug-likeness (QED) is 0.299. The van der Waals surface area contributed by atoms with Crippen LogP contribution in [0.3, 0.4) is 0 Å². The van der Waals surface area contributed by atoms with Crippen molar-refractivity contribution in [1.29, 1.82) is 0 Å². The van der Waals surface area contributed by atoms with Crippen LogP contribution in [-0.2, 0) is 6.54 Å². The summed E-state index contributed by atoms with van der Waals surface area (Å²) in [5, 5.41) is 7.20. The Morgan fingerprint density at radius 3 is 2.42 bits per heavy atom. The molecule has 2 unspecified atom stereocenters. The van der Waals surface area contributed by atoms with Crippen molar-refractivity contribution in [3.63, 3.8) is 0 Å². The van der Waals surface area contributed by atoms with Crippen molar-refractivity contribution < 1.29 is 9.47 Å². The molecule has 1 aliphatic carbocycles. The first-order valence-corrected chi connectivity index (χ1v) is 11.3. The maximum Gasteiger partial charge on any atom is 0.191 e. The van der Waals surface area contributed by atoms with Gasteiger partial charge in [-0.15, -0.1) is 24.0 Å². The van der Waals surface area contributed by atoms with Crippen LogP contribution in [0.4, 0.5) is 0 Å². The fourth-order valence-electron chi connectivity index (χ4n) is 4.74. The first-order chi connectivity index (χ1) is 14.7. The van der Waals surface area contributed by atoms with Crippen LogP contribution in [0.1, 0.15) is 31.2 Å². The Morgan fingerprint density at radius 2 is 1.77 bits per heavy atom. The van der Waals surface area contributed by atoms with Gasteiger partial charge in [0.05, 0.1) is 14.2 Å². The Labute approximate surface area is 204 Å². The van der Waals surface area contributed by atoms with E-state index >= 15 is 0 Å². The van der Waals surface area contributed by atoms with Gasteiger partial charge in [0.2, 0.25) is 0 Å². The number of likely N-dealkylation sites (tertiary alicyclic amines) is 2. The second kappa shape index (κ2) is 11.6. The summed E-state index contributed by atoms with van der Waals surface area (Å²) in [6.45, 7) is 6.53. The highest BCUT2D eigenvalue weighted by atomic mass is 127. The highest BCUT2D eigenvalue weighted by Crippen LogP contribution is 2.31. The van der Waals surface area contributed by atoms with Crippen LogP contribution in [0.2, 0.25) is 0 Å². The lowest BCUT2D eigenvalue weighted by Gasteiger charge is -2.21. The van der Waals surface area contributed by atoms with Crippen LogP contribution in [0, 0.1) is 5.92 Å². The van der Waals surface area contributed by atoms with E-state index in [9.17, 15) is 0 Å². The van der Waals surface area contributed by atoms with Gasteiger partial charge >= 0.3 is 0 Å². The number of halogens is 1. The van der Waals surface area contributed by atoms with Crippen molar-refractivity contribution in [2.24, 2.45) is 10.9 Å². The van der Waals surface area contributed by atoms with Crippen LogP contribution in [-0.4, -0.2) is 81.8 Å². The Hall–Kier alpha value is -1.26. The lowest BCUT2D eigenvalue weighted by Crippen LogP contribution is -2.46. The molecule has 0 amide bonds.